The Labute approximate surface area is 122 Å². The molecule has 4 nitrogen and oxygen atoms in total. The van der Waals surface area contributed by atoms with E-state index in [0.717, 1.165) is 6.07 Å². The number of hydrogen-bond acceptors (Lipinski definition) is 3. The average molecular weight is 348 g/mol. The number of nitrogens with one attached hydrogen (secondary N) is 1. The summed E-state index contributed by atoms with van der Waals surface area (Å²) in [5.41, 5.74) is -0.271. The van der Waals surface area contributed by atoms with Gasteiger partial charge in [-0.1, -0.05) is 23.2 Å². The number of carbonyl (C=O) groups is 1. The second-order valence-electron chi connectivity index (χ2n) is 3.55. The van der Waals surface area contributed by atoms with Gasteiger partial charge >= 0.3 is 18.3 Å². The van der Waals surface area contributed by atoms with Crippen LogP contribution in [0.1, 0.15) is 0 Å². The van der Waals surface area contributed by atoms with Crippen LogP contribution in [-0.4, -0.2) is 18.3 Å². The minimum atomic E-state index is -4.85. The Kier molecular flexibility index (Phi) is 4.03. The molecule has 1 aromatic rings. The highest BCUT2D eigenvalue weighted by atomic mass is 35.5. The van der Waals surface area contributed by atoms with Crippen LogP contribution in [0.2, 0.25) is 10.0 Å². The monoisotopic (exact) mass is 347 g/mol. The zero-order valence-corrected chi connectivity index (χ0v) is 11.5. The molecular formula is C9H3Cl2F4N3OS. The van der Waals surface area contributed by atoms with Crippen molar-refractivity contribution in [2.45, 2.75) is 12.3 Å². The summed E-state index contributed by atoms with van der Waals surface area (Å²) in [4.78, 5) is 11.2. The van der Waals surface area contributed by atoms with E-state index in [0.29, 0.717) is 11.4 Å². The van der Waals surface area contributed by atoms with E-state index in [4.69, 9.17) is 23.2 Å². The fraction of sp³-hybridized carbons (Fsp3) is 0.222. The molecule has 0 saturated heterocycles. The number of halogens is 6. The Balaban J connectivity index is 2.40. The normalized spacial score (nSPS) is 13.3. The van der Waals surface area contributed by atoms with Crippen LogP contribution >= 0.6 is 23.2 Å². The first kappa shape index (κ1) is 15.2. The quantitative estimate of drug-likeness (QED) is 0.813. The summed E-state index contributed by atoms with van der Waals surface area (Å²) in [6, 6.07) is 1.14. The number of anilines is 1. The van der Waals surface area contributed by atoms with Crippen LogP contribution in [-0.2, 0) is 16.1 Å². The lowest BCUT2D eigenvalue weighted by atomic mass is 10.2. The van der Waals surface area contributed by atoms with E-state index in [1.165, 1.54) is 0 Å². The van der Waals surface area contributed by atoms with E-state index in [-0.39, 0.29) is 27.1 Å². The Morgan fingerprint density at radius 2 is 1.85 bits per heavy atom. The number of hydrogen-bond donors (Lipinski definition) is 1. The maximum absolute atomic E-state index is 12.9. The lowest BCUT2D eigenvalue weighted by Crippen LogP contribution is -2.41. The highest BCUT2D eigenvalue weighted by molar-refractivity contribution is 7.58. The highest BCUT2D eigenvalue weighted by Crippen LogP contribution is 2.48. The third-order valence-electron chi connectivity index (χ3n) is 2.26. The molecule has 108 valence electrons. The van der Waals surface area contributed by atoms with Crippen molar-refractivity contribution in [2.24, 2.45) is 8.73 Å². The Bertz CT molecular complexity index is 661. The van der Waals surface area contributed by atoms with E-state index in [1.54, 1.807) is 5.32 Å². The molecule has 0 aromatic heterocycles. The van der Waals surface area contributed by atoms with Crippen molar-refractivity contribution in [3.05, 3.63) is 16.1 Å². The van der Waals surface area contributed by atoms with Crippen LogP contribution in [0.25, 0.3) is 0 Å². The Hall–Kier alpha value is -1.19. The average Bonchev–Trinajstić information content (AvgIpc) is 2.83. The van der Waals surface area contributed by atoms with Crippen LogP contribution in [0.5, 0.6) is 0 Å². The molecule has 1 aromatic carbocycles. The van der Waals surface area contributed by atoms with Crippen molar-refractivity contribution in [1.29, 1.82) is 0 Å². The maximum atomic E-state index is 12.9. The molecule has 1 aliphatic heterocycles. The molecule has 0 spiro atoms. The number of amides is 1. The molecular weight excluding hydrogens is 345 g/mol. The molecule has 1 aliphatic rings. The SMILES string of the molecule is O=C(Nc1c(Cl)cc(Cl)c2c1N=S=N2)C(F)(F)C(F)F. The number of nitrogens with zero attached hydrogens (tertiary/aromatic N) is 2. The van der Waals surface area contributed by atoms with Crippen LogP contribution < -0.4 is 5.32 Å². The number of rotatable bonds is 3. The second-order valence-corrected chi connectivity index (χ2v) is 4.90. The third kappa shape index (κ3) is 2.52. The lowest BCUT2D eigenvalue weighted by Gasteiger charge is -2.16. The largest absolute Gasteiger partial charge is 0.383 e. The van der Waals surface area contributed by atoms with E-state index >= 15 is 0 Å². The number of benzene rings is 1. The zero-order chi connectivity index (χ0) is 15.1. The molecule has 1 heterocycles. The summed E-state index contributed by atoms with van der Waals surface area (Å²) in [6.07, 6.45) is -4.14. The molecule has 0 unspecified atom stereocenters. The van der Waals surface area contributed by atoms with Crippen LogP contribution in [0.15, 0.2) is 14.8 Å². The summed E-state index contributed by atoms with van der Waals surface area (Å²) in [6.45, 7) is 0. The maximum Gasteiger partial charge on any atom is 0.383 e. The smallest absolute Gasteiger partial charge is 0.317 e. The van der Waals surface area contributed by atoms with Gasteiger partial charge < -0.3 is 5.32 Å². The van der Waals surface area contributed by atoms with Gasteiger partial charge in [-0.3, -0.25) is 4.79 Å². The van der Waals surface area contributed by atoms with Gasteiger partial charge in [0.1, 0.15) is 11.4 Å². The topological polar surface area (TPSA) is 53.8 Å². The summed E-state index contributed by atoms with van der Waals surface area (Å²) in [5.74, 6) is -7.04. The van der Waals surface area contributed by atoms with Gasteiger partial charge in [-0.15, -0.1) is 0 Å². The predicted molar refractivity (Wildman–Crippen MR) is 67.6 cm³/mol. The van der Waals surface area contributed by atoms with Gasteiger partial charge in [0.2, 0.25) is 0 Å². The first-order valence-corrected chi connectivity index (χ1v) is 6.31. The van der Waals surface area contributed by atoms with Gasteiger partial charge in [0, 0.05) is 0 Å². The minimum Gasteiger partial charge on any atom is -0.317 e. The van der Waals surface area contributed by atoms with Gasteiger partial charge in [-0.05, 0) is 6.07 Å². The van der Waals surface area contributed by atoms with E-state index < -0.39 is 18.3 Å². The fourth-order valence-electron chi connectivity index (χ4n) is 1.29. The Morgan fingerprint density at radius 3 is 2.45 bits per heavy atom. The van der Waals surface area contributed by atoms with Crippen molar-refractivity contribution in [3.63, 3.8) is 0 Å². The van der Waals surface area contributed by atoms with Crippen LogP contribution in [0.3, 0.4) is 0 Å². The summed E-state index contributed by atoms with van der Waals surface area (Å²) >= 11 is 12.2. The van der Waals surface area contributed by atoms with Crippen molar-refractivity contribution in [2.75, 3.05) is 5.32 Å². The summed E-state index contributed by atoms with van der Waals surface area (Å²) < 4.78 is 57.5. The molecule has 0 fully saturated rings. The molecule has 1 amide bonds. The van der Waals surface area contributed by atoms with Crippen molar-refractivity contribution in [3.8, 4) is 0 Å². The third-order valence-corrected chi connectivity index (χ3v) is 3.37. The summed E-state index contributed by atoms with van der Waals surface area (Å²) in [5, 5.41) is 1.51. The molecule has 1 N–H and O–H groups in total. The zero-order valence-electron chi connectivity index (χ0n) is 9.13. The van der Waals surface area contributed by atoms with Gasteiger partial charge in [0.15, 0.2) is 0 Å². The molecule has 2 rings (SSSR count). The molecule has 0 saturated carbocycles. The van der Waals surface area contributed by atoms with Gasteiger partial charge in [-0.2, -0.15) is 17.5 Å². The number of alkyl halides is 4. The Morgan fingerprint density at radius 1 is 1.25 bits per heavy atom. The molecule has 0 atom stereocenters. The molecule has 0 bridgehead atoms. The number of fused-ring (bicyclic) bond motifs is 1. The molecule has 0 aliphatic carbocycles. The van der Waals surface area contributed by atoms with E-state index in [9.17, 15) is 22.4 Å². The van der Waals surface area contributed by atoms with Gasteiger partial charge in [0.05, 0.1) is 27.1 Å². The van der Waals surface area contributed by atoms with Gasteiger partial charge in [0.25, 0.3) is 0 Å². The first-order chi connectivity index (χ1) is 9.25. The number of carbonyl (C=O) groups excluding carboxylic acids is 1. The standard InChI is InChI=1S/C9H3Cl2F4N3OS/c10-2-1-3(11)5-6(18-20-17-5)4(2)16-8(19)9(14,15)7(12)13/h1,7H,(H,16,19). The minimum absolute atomic E-state index is 0.0501. The van der Waals surface area contributed by atoms with Crippen LogP contribution in [0.4, 0.5) is 34.6 Å². The second kappa shape index (κ2) is 5.30. The lowest BCUT2D eigenvalue weighted by molar-refractivity contribution is -0.163. The summed E-state index contributed by atoms with van der Waals surface area (Å²) in [7, 11) is 0. The fourth-order valence-corrected chi connectivity index (χ4v) is 2.45. The highest BCUT2D eigenvalue weighted by Gasteiger charge is 2.49. The van der Waals surface area contributed by atoms with E-state index in [2.05, 4.69) is 8.73 Å². The predicted octanol–water partition coefficient (Wildman–Crippen LogP) is 4.56. The first-order valence-electron chi connectivity index (χ1n) is 4.82. The molecule has 20 heavy (non-hydrogen) atoms. The van der Waals surface area contributed by atoms with E-state index in [1.807, 2.05) is 0 Å². The van der Waals surface area contributed by atoms with Gasteiger partial charge in [-0.25, -0.2) is 8.78 Å². The van der Waals surface area contributed by atoms with Crippen molar-refractivity contribution < 1.29 is 22.4 Å². The van der Waals surface area contributed by atoms with Crippen LogP contribution in [0, 0.1) is 0 Å². The molecule has 0 radical (unpaired) electrons. The van der Waals surface area contributed by atoms with Crippen molar-refractivity contribution >= 4 is 57.5 Å². The van der Waals surface area contributed by atoms with Crippen molar-refractivity contribution in [1.82, 2.24) is 0 Å². The molecule has 11 heteroatoms.